The van der Waals surface area contributed by atoms with Crippen molar-refractivity contribution in [2.24, 2.45) is 0 Å². The Labute approximate surface area is 197 Å². The second kappa shape index (κ2) is 10.2. The second-order valence-electron chi connectivity index (χ2n) is 8.06. The van der Waals surface area contributed by atoms with E-state index in [0.717, 1.165) is 23.3 Å². The summed E-state index contributed by atoms with van der Waals surface area (Å²) in [6, 6.07) is 18.9. The van der Waals surface area contributed by atoms with E-state index < -0.39 is 0 Å². The van der Waals surface area contributed by atoms with E-state index in [9.17, 15) is 9.59 Å². The smallest absolute Gasteiger partial charge is 0.322 e. The van der Waals surface area contributed by atoms with Gasteiger partial charge >= 0.3 is 6.03 Å². The standard InChI is InChI=1S/C25H26ClN3O2S/c1-18-13-14-32-23(18)16-28(15-19-5-3-2-4-6-19)24(30)17-29(22-11-12-22)25(31)27-21-9-7-20(26)8-10-21/h2-10,13-14,22H,11-12,15-17H2,1H3,(H,27,31). The van der Waals surface area contributed by atoms with Crippen LogP contribution in [-0.2, 0) is 17.9 Å². The molecule has 5 nitrogen and oxygen atoms in total. The maximum Gasteiger partial charge on any atom is 0.322 e. The Morgan fingerprint density at radius 1 is 1.03 bits per heavy atom. The summed E-state index contributed by atoms with van der Waals surface area (Å²) in [7, 11) is 0. The minimum absolute atomic E-state index is 0.0557. The quantitative estimate of drug-likeness (QED) is 0.446. The molecule has 1 N–H and O–H groups in total. The molecule has 4 rings (SSSR count). The molecule has 1 aliphatic carbocycles. The number of carbonyl (C=O) groups excluding carboxylic acids is 2. The topological polar surface area (TPSA) is 52.7 Å². The molecule has 166 valence electrons. The number of halogens is 1. The Morgan fingerprint density at radius 2 is 1.75 bits per heavy atom. The van der Waals surface area contributed by atoms with Gasteiger partial charge < -0.3 is 15.1 Å². The maximum atomic E-state index is 13.4. The average Bonchev–Trinajstić information content (AvgIpc) is 3.55. The van der Waals surface area contributed by atoms with Gasteiger partial charge in [-0.25, -0.2) is 4.79 Å². The van der Waals surface area contributed by atoms with Crippen LogP contribution in [0.15, 0.2) is 66.0 Å². The molecule has 0 bridgehead atoms. The van der Waals surface area contributed by atoms with Crippen molar-refractivity contribution >= 4 is 40.6 Å². The molecule has 0 radical (unpaired) electrons. The number of anilines is 1. The Hall–Kier alpha value is -2.83. The lowest BCUT2D eigenvalue weighted by Gasteiger charge is -2.28. The molecule has 7 heteroatoms. The van der Waals surface area contributed by atoms with Gasteiger partial charge in [0.15, 0.2) is 0 Å². The van der Waals surface area contributed by atoms with Crippen molar-refractivity contribution in [3.63, 3.8) is 0 Å². The number of nitrogens with zero attached hydrogens (tertiary/aromatic N) is 2. The number of hydrogen-bond acceptors (Lipinski definition) is 3. The Balaban J connectivity index is 1.48. The molecule has 0 aliphatic heterocycles. The number of thiophene rings is 1. The van der Waals surface area contributed by atoms with Gasteiger partial charge in [-0.3, -0.25) is 4.79 Å². The largest absolute Gasteiger partial charge is 0.332 e. The van der Waals surface area contributed by atoms with Crippen molar-refractivity contribution < 1.29 is 9.59 Å². The van der Waals surface area contributed by atoms with Crippen LogP contribution in [0.3, 0.4) is 0 Å². The van der Waals surface area contributed by atoms with Crippen molar-refractivity contribution in [2.45, 2.75) is 38.9 Å². The van der Waals surface area contributed by atoms with Crippen LogP contribution in [0.25, 0.3) is 0 Å². The molecule has 1 heterocycles. The predicted octanol–water partition coefficient (Wildman–Crippen LogP) is 5.94. The summed E-state index contributed by atoms with van der Waals surface area (Å²) in [4.78, 5) is 31.1. The summed E-state index contributed by atoms with van der Waals surface area (Å²) < 4.78 is 0. The summed E-state index contributed by atoms with van der Waals surface area (Å²) in [6.45, 7) is 3.16. The van der Waals surface area contributed by atoms with Crippen LogP contribution >= 0.6 is 22.9 Å². The minimum atomic E-state index is -0.255. The van der Waals surface area contributed by atoms with Gasteiger partial charge in [0, 0.05) is 28.2 Å². The van der Waals surface area contributed by atoms with Crippen LogP contribution in [-0.4, -0.2) is 34.3 Å². The molecule has 0 atom stereocenters. The van der Waals surface area contributed by atoms with Crippen LogP contribution in [0.1, 0.15) is 28.8 Å². The molecular weight excluding hydrogens is 442 g/mol. The first kappa shape index (κ1) is 22.4. The number of hydrogen-bond donors (Lipinski definition) is 1. The lowest BCUT2D eigenvalue weighted by atomic mass is 10.2. The van der Waals surface area contributed by atoms with Crippen LogP contribution in [0.4, 0.5) is 10.5 Å². The minimum Gasteiger partial charge on any atom is -0.332 e. The third-order valence-corrected chi connectivity index (χ3v) is 6.78. The molecule has 0 saturated heterocycles. The fourth-order valence-electron chi connectivity index (χ4n) is 3.50. The number of carbonyl (C=O) groups is 2. The van der Waals surface area contributed by atoms with Crippen LogP contribution in [0, 0.1) is 6.92 Å². The molecule has 1 saturated carbocycles. The Morgan fingerprint density at radius 3 is 2.38 bits per heavy atom. The third-order valence-electron chi connectivity index (χ3n) is 5.52. The first-order valence-corrected chi connectivity index (χ1v) is 11.9. The first-order chi connectivity index (χ1) is 15.5. The summed E-state index contributed by atoms with van der Waals surface area (Å²) in [6.07, 6.45) is 1.84. The summed E-state index contributed by atoms with van der Waals surface area (Å²) in [5.74, 6) is -0.0557. The maximum absolute atomic E-state index is 13.4. The molecule has 32 heavy (non-hydrogen) atoms. The molecular formula is C25H26ClN3O2S. The van der Waals surface area contributed by atoms with Crippen molar-refractivity contribution in [2.75, 3.05) is 11.9 Å². The molecule has 1 aliphatic rings. The summed E-state index contributed by atoms with van der Waals surface area (Å²) >= 11 is 7.59. The highest BCUT2D eigenvalue weighted by Gasteiger charge is 2.35. The van der Waals surface area contributed by atoms with Gasteiger partial charge in [-0.05, 0) is 66.6 Å². The lowest BCUT2D eigenvalue weighted by Crippen LogP contribution is -2.45. The van der Waals surface area contributed by atoms with Crippen LogP contribution < -0.4 is 5.32 Å². The van der Waals surface area contributed by atoms with E-state index in [0.29, 0.717) is 23.8 Å². The van der Waals surface area contributed by atoms with Crippen LogP contribution in [0.2, 0.25) is 5.02 Å². The highest BCUT2D eigenvalue weighted by molar-refractivity contribution is 7.10. The van der Waals surface area contributed by atoms with E-state index in [2.05, 4.69) is 18.3 Å². The summed E-state index contributed by atoms with van der Waals surface area (Å²) in [5.41, 5.74) is 2.91. The fourth-order valence-corrected chi connectivity index (χ4v) is 4.55. The van der Waals surface area contributed by atoms with E-state index in [1.807, 2.05) is 40.6 Å². The molecule has 2 aromatic carbocycles. The number of rotatable bonds is 8. The van der Waals surface area contributed by atoms with E-state index in [4.69, 9.17) is 11.6 Å². The molecule has 0 spiro atoms. The van der Waals surface area contributed by atoms with Crippen molar-refractivity contribution in [3.8, 4) is 0 Å². The van der Waals surface area contributed by atoms with Gasteiger partial charge in [0.25, 0.3) is 0 Å². The van der Waals surface area contributed by atoms with Crippen molar-refractivity contribution in [1.29, 1.82) is 0 Å². The van der Waals surface area contributed by atoms with Gasteiger partial charge in [-0.1, -0.05) is 41.9 Å². The first-order valence-electron chi connectivity index (χ1n) is 10.7. The Kier molecular flexibility index (Phi) is 7.12. The van der Waals surface area contributed by atoms with Gasteiger partial charge in [-0.2, -0.15) is 0 Å². The number of benzene rings is 2. The number of amides is 3. The average molecular weight is 468 g/mol. The number of aryl methyl sites for hydroxylation is 1. The normalized spacial score (nSPS) is 12.9. The van der Waals surface area contributed by atoms with Gasteiger partial charge in [0.2, 0.25) is 5.91 Å². The number of nitrogens with one attached hydrogen (secondary N) is 1. The van der Waals surface area contributed by atoms with E-state index in [1.165, 1.54) is 5.56 Å². The van der Waals surface area contributed by atoms with E-state index in [-0.39, 0.29) is 24.5 Å². The molecule has 0 unspecified atom stereocenters. The SMILES string of the molecule is Cc1ccsc1CN(Cc1ccccc1)C(=O)CN(C(=O)Nc1ccc(Cl)cc1)C1CC1. The van der Waals surface area contributed by atoms with Crippen molar-refractivity contribution in [3.05, 3.63) is 87.1 Å². The third kappa shape index (κ3) is 5.90. The number of urea groups is 1. The zero-order valence-electron chi connectivity index (χ0n) is 18.0. The molecule has 3 aromatic rings. The zero-order valence-corrected chi connectivity index (χ0v) is 19.5. The summed E-state index contributed by atoms with van der Waals surface area (Å²) in [5, 5.41) is 5.56. The lowest BCUT2D eigenvalue weighted by molar-refractivity contribution is -0.133. The monoisotopic (exact) mass is 467 g/mol. The predicted molar refractivity (Wildman–Crippen MR) is 130 cm³/mol. The Bertz CT molecular complexity index is 1060. The van der Waals surface area contributed by atoms with E-state index >= 15 is 0 Å². The molecule has 1 fully saturated rings. The van der Waals surface area contributed by atoms with Gasteiger partial charge in [0.1, 0.15) is 6.54 Å². The van der Waals surface area contributed by atoms with Crippen LogP contribution in [0.5, 0.6) is 0 Å². The zero-order chi connectivity index (χ0) is 22.5. The second-order valence-corrected chi connectivity index (χ2v) is 9.50. The highest BCUT2D eigenvalue weighted by Crippen LogP contribution is 2.28. The van der Waals surface area contributed by atoms with E-state index in [1.54, 1.807) is 40.5 Å². The fraction of sp³-hybridized carbons (Fsp3) is 0.280. The molecule has 1 aromatic heterocycles. The van der Waals surface area contributed by atoms with Gasteiger partial charge in [-0.15, -0.1) is 11.3 Å². The molecule has 3 amide bonds. The highest BCUT2D eigenvalue weighted by atomic mass is 35.5. The van der Waals surface area contributed by atoms with Crippen molar-refractivity contribution in [1.82, 2.24) is 9.80 Å². The van der Waals surface area contributed by atoms with Gasteiger partial charge in [0.05, 0.1) is 6.54 Å².